The minimum atomic E-state index is -0.108. The van der Waals surface area contributed by atoms with Crippen LogP contribution in [0.15, 0.2) is 54.9 Å². The van der Waals surface area contributed by atoms with E-state index >= 15 is 0 Å². The molecule has 9 heteroatoms. The van der Waals surface area contributed by atoms with Crippen LogP contribution in [0.2, 0.25) is 0 Å². The van der Waals surface area contributed by atoms with Gasteiger partial charge in [0, 0.05) is 50.4 Å². The number of hydrogen-bond donors (Lipinski definition) is 2. The number of fused-ring (bicyclic) bond motifs is 1. The molecule has 0 unspecified atom stereocenters. The van der Waals surface area contributed by atoms with Gasteiger partial charge < -0.3 is 15.5 Å². The van der Waals surface area contributed by atoms with Crippen LogP contribution in [0.5, 0.6) is 0 Å². The van der Waals surface area contributed by atoms with Crippen LogP contribution in [-0.4, -0.2) is 44.6 Å². The molecule has 0 aliphatic carbocycles. The molecule has 2 N–H and O–H groups in total. The lowest BCUT2D eigenvalue weighted by molar-refractivity contribution is -0.114. The predicted molar refractivity (Wildman–Crippen MR) is 112 cm³/mol. The Kier molecular flexibility index (Phi) is 4.78. The van der Waals surface area contributed by atoms with Gasteiger partial charge in [0.05, 0.1) is 5.69 Å². The monoisotopic (exact) mass is 388 g/mol. The molecule has 3 heterocycles. The van der Waals surface area contributed by atoms with Crippen molar-refractivity contribution < 1.29 is 4.79 Å². The Hall–Kier alpha value is -4.01. The molecule has 0 aliphatic rings. The summed E-state index contributed by atoms with van der Waals surface area (Å²) in [7, 11) is 3.79. The second-order valence-corrected chi connectivity index (χ2v) is 6.67. The van der Waals surface area contributed by atoms with Gasteiger partial charge in [-0.2, -0.15) is 4.98 Å². The van der Waals surface area contributed by atoms with Gasteiger partial charge in [0.25, 0.3) is 0 Å². The molecular weight excluding hydrogens is 368 g/mol. The van der Waals surface area contributed by atoms with Gasteiger partial charge in [-0.25, -0.2) is 14.5 Å². The van der Waals surface area contributed by atoms with Gasteiger partial charge in [-0.15, -0.1) is 5.10 Å². The van der Waals surface area contributed by atoms with Crippen LogP contribution >= 0.6 is 0 Å². The summed E-state index contributed by atoms with van der Waals surface area (Å²) in [5, 5.41) is 10.5. The molecule has 0 fully saturated rings. The molecule has 146 valence electrons. The minimum Gasteiger partial charge on any atom is -0.347 e. The van der Waals surface area contributed by atoms with Gasteiger partial charge in [0.15, 0.2) is 5.65 Å². The zero-order valence-corrected chi connectivity index (χ0v) is 16.3. The molecule has 0 spiro atoms. The van der Waals surface area contributed by atoms with E-state index in [2.05, 4.69) is 30.7 Å². The number of hydrogen-bond acceptors (Lipinski definition) is 7. The molecule has 29 heavy (non-hydrogen) atoms. The highest BCUT2D eigenvalue weighted by molar-refractivity contribution is 5.88. The van der Waals surface area contributed by atoms with Gasteiger partial charge in [-0.1, -0.05) is 6.07 Å². The zero-order valence-electron chi connectivity index (χ0n) is 16.3. The van der Waals surface area contributed by atoms with Gasteiger partial charge in [0.1, 0.15) is 0 Å². The summed E-state index contributed by atoms with van der Waals surface area (Å²) in [5.41, 5.74) is 3.94. The van der Waals surface area contributed by atoms with Crippen LogP contribution in [0.3, 0.4) is 0 Å². The second kappa shape index (κ2) is 7.55. The number of anilines is 4. The Balaban J connectivity index is 1.61. The molecule has 4 aromatic rings. The Morgan fingerprint density at radius 1 is 1.00 bits per heavy atom. The molecule has 0 saturated carbocycles. The van der Waals surface area contributed by atoms with Crippen LogP contribution in [-0.2, 0) is 4.79 Å². The summed E-state index contributed by atoms with van der Waals surface area (Å²) in [5.74, 6) is 1.00. The third kappa shape index (κ3) is 3.98. The highest BCUT2D eigenvalue weighted by Gasteiger charge is 2.10. The quantitative estimate of drug-likeness (QED) is 0.542. The van der Waals surface area contributed by atoms with Crippen molar-refractivity contribution in [1.29, 1.82) is 0 Å². The number of benzene rings is 1. The number of amides is 1. The smallest absolute Gasteiger partial charge is 0.247 e. The Labute approximate surface area is 167 Å². The zero-order chi connectivity index (χ0) is 20.4. The van der Waals surface area contributed by atoms with Crippen molar-refractivity contribution in [2.24, 2.45) is 0 Å². The van der Waals surface area contributed by atoms with Gasteiger partial charge in [0.2, 0.25) is 17.8 Å². The highest BCUT2D eigenvalue weighted by atomic mass is 16.1. The molecule has 9 nitrogen and oxygen atoms in total. The molecule has 3 aromatic heterocycles. The molecular formula is C20H20N8O. The van der Waals surface area contributed by atoms with Gasteiger partial charge >= 0.3 is 0 Å². The third-order valence-corrected chi connectivity index (χ3v) is 4.16. The lowest BCUT2D eigenvalue weighted by Gasteiger charge is -2.10. The molecule has 1 amide bonds. The van der Waals surface area contributed by atoms with Gasteiger partial charge in [-0.3, -0.25) is 4.79 Å². The first-order chi connectivity index (χ1) is 14.0. The molecule has 0 atom stereocenters. The molecule has 1 aromatic carbocycles. The number of aromatic nitrogens is 5. The first kappa shape index (κ1) is 18.4. The number of pyridine rings is 1. The van der Waals surface area contributed by atoms with Crippen LogP contribution in [0.25, 0.3) is 16.9 Å². The van der Waals surface area contributed by atoms with Crippen LogP contribution < -0.4 is 15.5 Å². The SMILES string of the molecule is CC(=O)Nc1ccc(Nc2nc3cccc(-c4cnc(N(C)C)nc4)n3n2)cc1. The number of rotatable bonds is 5. The Morgan fingerprint density at radius 3 is 2.34 bits per heavy atom. The lowest BCUT2D eigenvalue weighted by atomic mass is 10.2. The first-order valence-electron chi connectivity index (χ1n) is 9.00. The maximum atomic E-state index is 11.1. The number of nitrogens with zero attached hydrogens (tertiary/aromatic N) is 6. The summed E-state index contributed by atoms with van der Waals surface area (Å²) < 4.78 is 1.75. The van der Waals surface area contributed by atoms with Crippen LogP contribution in [0.4, 0.5) is 23.3 Å². The number of carbonyl (C=O) groups excluding carboxylic acids is 1. The van der Waals surface area contributed by atoms with E-state index in [0.29, 0.717) is 17.5 Å². The number of nitrogens with one attached hydrogen (secondary N) is 2. The Bertz CT molecular complexity index is 1150. The van der Waals surface area contributed by atoms with E-state index in [4.69, 9.17) is 0 Å². The predicted octanol–water partition coefficient (Wildman–Crippen LogP) is 2.95. The molecule has 0 saturated heterocycles. The maximum Gasteiger partial charge on any atom is 0.247 e. The molecule has 4 rings (SSSR count). The third-order valence-electron chi connectivity index (χ3n) is 4.16. The summed E-state index contributed by atoms with van der Waals surface area (Å²) in [6.45, 7) is 1.48. The molecule has 0 aliphatic heterocycles. The fourth-order valence-electron chi connectivity index (χ4n) is 2.83. The first-order valence-corrected chi connectivity index (χ1v) is 9.00. The number of carbonyl (C=O) groups is 1. The van der Waals surface area contributed by atoms with E-state index in [1.807, 2.05) is 61.5 Å². The highest BCUT2D eigenvalue weighted by Crippen LogP contribution is 2.22. The van der Waals surface area contributed by atoms with E-state index in [0.717, 1.165) is 22.6 Å². The van der Waals surface area contributed by atoms with Crippen molar-refractivity contribution in [1.82, 2.24) is 24.6 Å². The van der Waals surface area contributed by atoms with Crippen molar-refractivity contribution in [2.75, 3.05) is 29.6 Å². The lowest BCUT2D eigenvalue weighted by Crippen LogP contribution is -2.12. The fraction of sp³-hybridized carbons (Fsp3) is 0.150. The van der Waals surface area contributed by atoms with Crippen LogP contribution in [0, 0.1) is 0 Å². The van der Waals surface area contributed by atoms with E-state index in [9.17, 15) is 4.79 Å². The standard InChI is InChI=1S/C20H20N8O/c1-13(29)23-15-7-9-16(10-8-15)24-19-25-18-6-4-5-17(28(18)26-19)14-11-21-20(22-12-14)27(2)3/h4-12H,1-3H3,(H,23,29)(H,24,26). The largest absolute Gasteiger partial charge is 0.347 e. The van der Waals surface area contributed by atoms with Crippen molar-refractivity contribution in [3.8, 4) is 11.3 Å². The topological polar surface area (TPSA) is 100 Å². The van der Waals surface area contributed by atoms with E-state index in [1.54, 1.807) is 16.9 Å². The maximum absolute atomic E-state index is 11.1. The normalized spacial score (nSPS) is 10.7. The van der Waals surface area contributed by atoms with Crippen molar-refractivity contribution in [3.63, 3.8) is 0 Å². The average molecular weight is 388 g/mol. The van der Waals surface area contributed by atoms with Crippen LogP contribution in [0.1, 0.15) is 6.92 Å². The molecule has 0 radical (unpaired) electrons. The van der Waals surface area contributed by atoms with E-state index in [-0.39, 0.29) is 5.91 Å². The second-order valence-electron chi connectivity index (χ2n) is 6.67. The van der Waals surface area contributed by atoms with Crippen molar-refractivity contribution in [3.05, 3.63) is 54.9 Å². The Morgan fingerprint density at radius 2 is 1.69 bits per heavy atom. The molecule has 0 bridgehead atoms. The average Bonchev–Trinajstić information content (AvgIpc) is 3.11. The van der Waals surface area contributed by atoms with E-state index in [1.165, 1.54) is 6.92 Å². The van der Waals surface area contributed by atoms with Gasteiger partial charge in [-0.05, 0) is 36.4 Å². The summed E-state index contributed by atoms with van der Waals surface area (Å²) in [4.78, 5) is 26.3. The summed E-state index contributed by atoms with van der Waals surface area (Å²) in [6, 6.07) is 13.1. The minimum absolute atomic E-state index is 0.108. The van der Waals surface area contributed by atoms with Crippen molar-refractivity contribution in [2.45, 2.75) is 6.92 Å². The van der Waals surface area contributed by atoms with E-state index < -0.39 is 0 Å². The summed E-state index contributed by atoms with van der Waals surface area (Å²) >= 11 is 0. The van der Waals surface area contributed by atoms with Crippen molar-refractivity contribution >= 4 is 34.8 Å². The summed E-state index contributed by atoms with van der Waals surface area (Å²) in [6.07, 6.45) is 3.54. The fourth-order valence-corrected chi connectivity index (χ4v) is 2.83.